The van der Waals surface area contributed by atoms with Crippen LogP contribution in [0.2, 0.25) is 0 Å². The van der Waals surface area contributed by atoms with Gasteiger partial charge in [-0.3, -0.25) is 9.59 Å². The van der Waals surface area contributed by atoms with E-state index in [0.717, 1.165) is 19.4 Å². The Kier molecular flexibility index (Phi) is 6.89. The third-order valence-electron chi connectivity index (χ3n) is 4.05. The molecule has 2 rings (SSSR count). The summed E-state index contributed by atoms with van der Waals surface area (Å²) in [6, 6.07) is 6.57. The molecule has 0 spiro atoms. The lowest BCUT2D eigenvalue weighted by atomic mass is 9.93. The number of carbonyl (C=O) groups is 2. The monoisotopic (exact) mass is 339 g/mol. The molecule has 6 heteroatoms. The molecule has 1 aliphatic rings. The van der Waals surface area contributed by atoms with Crippen molar-refractivity contribution in [3.8, 4) is 0 Å². The van der Waals surface area contributed by atoms with Gasteiger partial charge in [0.05, 0.1) is 0 Å². The third kappa shape index (κ3) is 5.86. The van der Waals surface area contributed by atoms with Crippen molar-refractivity contribution in [2.45, 2.75) is 37.0 Å². The molecule has 1 N–H and O–H groups in total. The van der Waals surface area contributed by atoms with Crippen molar-refractivity contribution in [3.05, 3.63) is 30.1 Å². The second-order valence-electron chi connectivity index (χ2n) is 5.81. The number of carbonyl (C=O) groups excluding carboxylic acids is 1. The first-order valence-electron chi connectivity index (χ1n) is 7.93. The van der Waals surface area contributed by atoms with Gasteiger partial charge in [-0.25, -0.2) is 4.39 Å². The van der Waals surface area contributed by atoms with Crippen molar-refractivity contribution in [2.24, 2.45) is 5.92 Å². The number of benzene rings is 1. The summed E-state index contributed by atoms with van der Waals surface area (Å²) in [4.78, 5) is 25.3. The number of likely N-dealkylation sites (tertiary alicyclic amines) is 1. The van der Waals surface area contributed by atoms with E-state index in [0.29, 0.717) is 30.0 Å². The van der Waals surface area contributed by atoms with Gasteiger partial charge < -0.3 is 10.0 Å². The zero-order valence-corrected chi connectivity index (χ0v) is 13.9. The predicted molar refractivity (Wildman–Crippen MR) is 87.9 cm³/mol. The second-order valence-corrected chi connectivity index (χ2v) is 6.95. The maximum absolute atomic E-state index is 13.5. The van der Waals surface area contributed by atoms with E-state index in [9.17, 15) is 14.0 Å². The maximum Gasteiger partial charge on any atom is 0.303 e. The van der Waals surface area contributed by atoms with Gasteiger partial charge in [-0.2, -0.15) is 0 Å². The van der Waals surface area contributed by atoms with Crippen LogP contribution in [0.5, 0.6) is 0 Å². The minimum atomic E-state index is -0.783. The fourth-order valence-corrected chi connectivity index (χ4v) is 3.70. The summed E-state index contributed by atoms with van der Waals surface area (Å²) in [5, 5.41) is 8.75. The first-order chi connectivity index (χ1) is 11.1. The van der Waals surface area contributed by atoms with Crippen LogP contribution in [0.4, 0.5) is 4.39 Å². The van der Waals surface area contributed by atoms with Gasteiger partial charge in [0.1, 0.15) is 5.82 Å². The highest BCUT2D eigenvalue weighted by Crippen LogP contribution is 2.24. The van der Waals surface area contributed by atoms with Crippen molar-refractivity contribution in [3.63, 3.8) is 0 Å². The maximum atomic E-state index is 13.5. The number of carboxylic acid groups (broad SMARTS) is 1. The van der Waals surface area contributed by atoms with E-state index in [1.165, 1.54) is 17.8 Å². The van der Waals surface area contributed by atoms with E-state index in [4.69, 9.17) is 5.11 Å². The minimum absolute atomic E-state index is 0.0777. The number of rotatable bonds is 7. The molecule has 0 radical (unpaired) electrons. The van der Waals surface area contributed by atoms with Gasteiger partial charge in [-0.15, -0.1) is 11.8 Å². The Morgan fingerprint density at radius 3 is 2.83 bits per heavy atom. The van der Waals surface area contributed by atoms with E-state index in [1.807, 2.05) is 4.90 Å². The van der Waals surface area contributed by atoms with E-state index in [2.05, 4.69) is 0 Å². The summed E-state index contributed by atoms with van der Waals surface area (Å²) >= 11 is 1.35. The Morgan fingerprint density at radius 2 is 2.09 bits per heavy atom. The molecule has 0 saturated carbocycles. The molecular formula is C17H22FNO3S. The van der Waals surface area contributed by atoms with Gasteiger partial charge >= 0.3 is 5.97 Å². The molecule has 23 heavy (non-hydrogen) atoms. The second kappa shape index (κ2) is 8.91. The molecule has 126 valence electrons. The van der Waals surface area contributed by atoms with Gasteiger partial charge in [0.15, 0.2) is 0 Å². The van der Waals surface area contributed by atoms with Crippen LogP contribution in [0, 0.1) is 11.7 Å². The Hall–Kier alpha value is -1.56. The Labute approximate surface area is 140 Å². The Bertz CT molecular complexity index is 552. The van der Waals surface area contributed by atoms with Crippen molar-refractivity contribution < 1.29 is 19.1 Å². The number of amides is 1. The molecular weight excluding hydrogens is 317 g/mol. The van der Waals surface area contributed by atoms with Crippen LogP contribution in [0.25, 0.3) is 0 Å². The summed E-state index contributed by atoms with van der Waals surface area (Å²) < 4.78 is 13.5. The van der Waals surface area contributed by atoms with Gasteiger partial charge in [0.2, 0.25) is 5.91 Å². The summed E-state index contributed by atoms with van der Waals surface area (Å²) in [5.41, 5.74) is 0. The smallest absolute Gasteiger partial charge is 0.303 e. The fraction of sp³-hybridized carbons (Fsp3) is 0.529. The summed E-state index contributed by atoms with van der Waals surface area (Å²) in [6.07, 6.45) is 3.08. The van der Waals surface area contributed by atoms with Crippen LogP contribution in [-0.4, -0.2) is 40.7 Å². The number of thioether (sulfide) groups is 1. The number of aliphatic carboxylic acids is 1. The first kappa shape index (κ1) is 17.8. The minimum Gasteiger partial charge on any atom is -0.481 e. The quantitative estimate of drug-likeness (QED) is 0.774. The molecule has 1 heterocycles. The van der Waals surface area contributed by atoms with Crippen molar-refractivity contribution >= 4 is 23.6 Å². The number of piperidine rings is 1. The lowest BCUT2D eigenvalue weighted by Crippen LogP contribution is -2.40. The molecule has 1 fully saturated rings. The molecule has 1 saturated heterocycles. The summed E-state index contributed by atoms with van der Waals surface area (Å²) in [6.45, 7) is 1.39. The topological polar surface area (TPSA) is 57.6 Å². The van der Waals surface area contributed by atoms with Crippen LogP contribution in [0.1, 0.15) is 32.1 Å². The molecule has 1 unspecified atom stereocenters. The van der Waals surface area contributed by atoms with Crippen LogP contribution < -0.4 is 0 Å². The highest BCUT2D eigenvalue weighted by atomic mass is 32.2. The highest BCUT2D eigenvalue weighted by Gasteiger charge is 2.23. The number of hydrogen-bond acceptors (Lipinski definition) is 3. The van der Waals surface area contributed by atoms with Gasteiger partial charge in [0, 0.05) is 36.6 Å². The zero-order valence-electron chi connectivity index (χ0n) is 13.0. The lowest BCUT2D eigenvalue weighted by Gasteiger charge is -2.32. The van der Waals surface area contributed by atoms with Crippen molar-refractivity contribution in [2.75, 3.05) is 18.8 Å². The molecule has 0 aromatic heterocycles. The van der Waals surface area contributed by atoms with E-state index >= 15 is 0 Å². The largest absolute Gasteiger partial charge is 0.481 e. The average molecular weight is 339 g/mol. The van der Waals surface area contributed by atoms with Gasteiger partial charge in [-0.1, -0.05) is 12.1 Å². The Morgan fingerprint density at radius 1 is 1.30 bits per heavy atom. The number of halogens is 1. The van der Waals surface area contributed by atoms with Crippen molar-refractivity contribution in [1.29, 1.82) is 0 Å². The van der Waals surface area contributed by atoms with Crippen LogP contribution in [0.15, 0.2) is 29.2 Å². The van der Waals surface area contributed by atoms with E-state index < -0.39 is 5.97 Å². The van der Waals surface area contributed by atoms with Crippen molar-refractivity contribution in [1.82, 2.24) is 4.90 Å². The molecule has 1 amide bonds. The number of nitrogens with zero attached hydrogens (tertiary/aromatic N) is 1. The first-order valence-corrected chi connectivity index (χ1v) is 8.91. The van der Waals surface area contributed by atoms with Crippen LogP contribution >= 0.6 is 11.8 Å². The Balaban J connectivity index is 1.74. The molecule has 0 bridgehead atoms. The predicted octanol–water partition coefficient (Wildman–Crippen LogP) is 3.41. The fourth-order valence-electron chi connectivity index (χ4n) is 2.82. The normalized spacial score (nSPS) is 18.0. The van der Waals surface area contributed by atoms with E-state index in [1.54, 1.807) is 18.2 Å². The molecule has 0 aliphatic carbocycles. The van der Waals surface area contributed by atoms with Gasteiger partial charge in [0.25, 0.3) is 0 Å². The molecule has 1 aromatic carbocycles. The summed E-state index contributed by atoms with van der Waals surface area (Å²) in [5.74, 6) is -0.126. The number of carboxylic acids is 1. The zero-order chi connectivity index (χ0) is 16.7. The molecule has 1 atom stereocenters. The third-order valence-corrected chi connectivity index (χ3v) is 5.10. The SMILES string of the molecule is O=C(O)CCC1CCCN(C(=O)CCSc2ccccc2F)C1. The lowest BCUT2D eigenvalue weighted by molar-refractivity contribution is -0.137. The van der Waals surface area contributed by atoms with Crippen LogP contribution in [0.3, 0.4) is 0 Å². The van der Waals surface area contributed by atoms with Crippen LogP contribution in [-0.2, 0) is 9.59 Å². The molecule has 1 aromatic rings. The van der Waals surface area contributed by atoms with Gasteiger partial charge in [-0.05, 0) is 37.3 Å². The molecule has 1 aliphatic heterocycles. The van der Waals surface area contributed by atoms with E-state index in [-0.39, 0.29) is 24.1 Å². The number of hydrogen-bond donors (Lipinski definition) is 1. The average Bonchev–Trinajstić information content (AvgIpc) is 2.55. The highest BCUT2D eigenvalue weighted by molar-refractivity contribution is 7.99. The summed E-state index contributed by atoms with van der Waals surface area (Å²) in [7, 11) is 0. The molecule has 4 nitrogen and oxygen atoms in total. The standard InChI is InChI=1S/C17H22FNO3S/c18-14-5-1-2-6-15(14)23-11-9-16(20)19-10-3-4-13(12-19)7-8-17(21)22/h1-2,5-6,13H,3-4,7-12H2,(H,21,22).